The first-order valence-corrected chi connectivity index (χ1v) is 17.7. The molecular formula is C38H44Cl2F2N4O8. The van der Waals surface area contributed by atoms with Crippen LogP contribution in [0.3, 0.4) is 0 Å². The average Bonchev–Trinajstić information content (AvgIpc) is 3.40. The highest BCUT2D eigenvalue weighted by molar-refractivity contribution is 6.31. The van der Waals surface area contributed by atoms with E-state index in [0.29, 0.717) is 6.42 Å². The minimum atomic E-state index is -1.43. The lowest BCUT2D eigenvalue weighted by Crippen LogP contribution is -2.47. The SMILES string of the molecule is CN=C[C@]1(c2ccc(Cl)cc2F)[C@H](CC(C)(C)C)N[C@@H](C(=O)Nc2ccc(C(=O)OC(C)OC(=O)NCC(O)CO)cc2OC)[C@@H]1c1cccc(Cl)c1F. The molecule has 0 aliphatic carbocycles. The van der Waals surface area contributed by atoms with Crippen LogP contribution in [-0.4, -0.2) is 86.2 Å². The minimum Gasteiger partial charge on any atom is -0.495 e. The van der Waals surface area contributed by atoms with Crippen LogP contribution in [0.2, 0.25) is 10.0 Å². The van der Waals surface area contributed by atoms with Crippen LogP contribution in [0.4, 0.5) is 19.3 Å². The van der Waals surface area contributed by atoms with Gasteiger partial charge in [-0.25, -0.2) is 18.4 Å². The number of hydrogen-bond donors (Lipinski definition) is 5. The van der Waals surface area contributed by atoms with Crippen molar-refractivity contribution >= 4 is 53.1 Å². The number of methoxy groups -OCH3 is 1. The first-order valence-electron chi connectivity index (χ1n) is 17.0. The summed E-state index contributed by atoms with van der Waals surface area (Å²) in [7, 11) is 2.84. The highest BCUT2D eigenvalue weighted by Crippen LogP contribution is 2.52. The van der Waals surface area contributed by atoms with Crippen molar-refractivity contribution in [1.82, 2.24) is 10.6 Å². The zero-order chi connectivity index (χ0) is 40.0. The molecule has 0 saturated carbocycles. The number of aliphatic imine (C=N–C) groups is 1. The lowest BCUT2D eigenvalue weighted by Gasteiger charge is -2.40. The van der Waals surface area contributed by atoms with E-state index in [-0.39, 0.29) is 50.1 Å². The van der Waals surface area contributed by atoms with Crippen LogP contribution in [0, 0.1) is 17.0 Å². The number of nitrogens with one attached hydrogen (secondary N) is 3. The number of aliphatic hydroxyl groups excluding tert-OH is 2. The fraction of sp³-hybridized carbons (Fsp3) is 0.421. The number of carbonyl (C=O) groups excluding carboxylic acids is 3. The van der Waals surface area contributed by atoms with E-state index in [1.54, 1.807) is 12.3 Å². The van der Waals surface area contributed by atoms with E-state index >= 15 is 8.78 Å². The number of amides is 2. The second kappa shape index (κ2) is 17.9. The summed E-state index contributed by atoms with van der Waals surface area (Å²) in [4.78, 5) is 43.7. The first kappa shape index (κ1) is 42.4. The molecule has 1 fully saturated rings. The van der Waals surface area contributed by atoms with Crippen molar-refractivity contribution in [3.05, 3.63) is 93.0 Å². The minimum absolute atomic E-state index is 0.0177. The summed E-state index contributed by atoms with van der Waals surface area (Å²) in [5.74, 6) is -4.01. The number of carbonyl (C=O) groups is 3. The molecule has 1 heterocycles. The van der Waals surface area contributed by atoms with Crippen molar-refractivity contribution < 1.29 is 47.6 Å². The summed E-state index contributed by atoms with van der Waals surface area (Å²) >= 11 is 12.5. The molecule has 5 N–H and O–H groups in total. The van der Waals surface area contributed by atoms with Crippen LogP contribution >= 0.6 is 23.2 Å². The van der Waals surface area contributed by atoms with Crippen molar-refractivity contribution in [3.63, 3.8) is 0 Å². The van der Waals surface area contributed by atoms with Gasteiger partial charge in [0, 0.05) is 49.3 Å². The van der Waals surface area contributed by atoms with Gasteiger partial charge in [0.25, 0.3) is 0 Å². The zero-order valence-electron chi connectivity index (χ0n) is 30.6. The average molecular weight is 794 g/mol. The molecule has 16 heteroatoms. The molecule has 1 saturated heterocycles. The molecule has 4 rings (SSSR count). The number of esters is 1. The predicted molar refractivity (Wildman–Crippen MR) is 201 cm³/mol. The third-order valence-corrected chi connectivity index (χ3v) is 9.42. The molecule has 3 aromatic rings. The Labute approximate surface area is 322 Å². The molecule has 1 aliphatic rings. The predicted octanol–water partition coefficient (Wildman–Crippen LogP) is 6.00. The third-order valence-electron chi connectivity index (χ3n) is 8.90. The lowest BCUT2D eigenvalue weighted by molar-refractivity contribution is -0.118. The molecular weight excluding hydrogens is 749 g/mol. The number of halogens is 4. The summed E-state index contributed by atoms with van der Waals surface area (Å²) in [5.41, 5.74) is -1.47. The number of ether oxygens (including phenoxy) is 3. The van der Waals surface area contributed by atoms with Gasteiger partial charge in [-0.2, -0.15) is 0 Å². The van der Waals surface area contributed by atoms with E-state index in [4.69, 9.17) is 42.5 Å². The highest BCUT2D eigenvalue weighted by Gasteiger charge is 2.59. The van der Waals surface area contributed by atoms with E-state index in [9.17, 15) is 19.5 Å². The molecule has 0 radical (unpaired) electrons. The van der Waals surface area contributed by atoms with Crippen LogP contribution in [0.5, 0.6) is 5.75 Å². The third kappa shape index (κ3) is 9.66. The first-order chi connectivity index (χ1) is 25.4. The second-order valence-electron chi connectivity index (χ2n) is 14.0. The molecule has 12 nitrogen and oxygen atoms in total. The van der Waals surface area contributed by atoms with E-state index in [1.807, 2.05) is 20.8 Å². The molecule has 2 unspecified atom stereocenters. The van der Waals surface area contributed by atoms with Crippen LogP contribution in [0.25, 0.3) is 0 Å². The van der Waals surface area contributed by atoms with Gasteiger partial charge in [-0.15, -0.1) is 0 Å². The normalized spacial score (nSPS) is 21.0. The van der Waals surface area contributed by atoms with Crippen molar-refractivity contribution in [3.8, 4) is 5.75 Å². The highest BCUT2D eigenvalue weighted by atomic mass is 35.5. The maximum Gasteiger partial charge on any atom is 0.410 e. The number of alkyl carbamates (subject to hydrolysis) is 1. The van der Waals surface area contributed by atoms with Crippen molar-refractivity contribution in [2.45, 2.75) is 69.9 Å². The molecule has 0 bridgehead atoms. The van der Waals surface area contributed by atoms with E-state index < -0.39 is 72.0 Å². The zero-order valence-corrected chi connectivity index (χ0v) is 32.1. The number of benzene rings is 3. The Morgan fingerprint density at radius 3 is 2.44 bits per heavy atom. The van der Waals surface area contributed by atoms with Gasteiger partial charge >= 0.3 is 12.1 Å². The summed E-state index contributed by atoms with van der Waals surface area (Å²) in [6.07, 6.45) is -1.58. The molecule has 2 amide bonds. The summed E-state index contributed by atoms with van der Waals surface area (Å²) in [6.45, 7) is 6.42. The van der Waals surface area contributed by atoms with E-state index in [2.05, 4.69) is 20.9 Å². The fourth-order valence-corrected chi connectivity index (χ4v) is 7.03. The van der Waals surface area contributed by atoms with Gasteiger partial charge in [0.1, 0.15) is 17.4 Å². The number of hydrogen-bond acceptors (Lipinski definition) is 10. The standard InChI is InChI=1S/C38H44Cl2F2N4O8/c1-20(54-36(51)44-17-23(48)18-47)53-35(50)21-10-13-28(29(14-21)52-6)45-34(49)33-31(24-8-7-9-26(40)32(24)42)38(19-43-5,30(46-33)16-37(2,3)4)25-12-11-22(39)15-27(25)41/h7-15,19-20,23,30-31,33,46-48H,16-18H2,1-6H3,(H,44,51)(H,45,49)/t20?,23?,30-,31-,33+,38-/m0/s1. The molecule has 6 atom stereocenters. The lowest BCUT2D eigenvalue weighted by atomic mass is 9.62. The quantitative estimate of drug-likeness (QED) is 0.0793. The fourth-order valence-electron chi connectivity index (χ4n) is 6.69. The van der Waals surface area contributed by atoms with Gasteiger partial charge in [-0.05, 0) is 53.8 Å². The Hall–Kier alpha value is -4.34. The molecule has 1 aliphatic heterocycles. The maximum absolute atomic E-state index is 16.2. The largest absolute Gasteiger partial charge is 0.495 e. The topological polar surface area (TPSA) is 168 Å². The summed E-state index contributed by atoms with van der Waals surface area (Å²) in [6, 6.07) is 10.8. The Morgan fingerprint density at radius 1 is 1.09 bits per heavy atom. The molecule has 292 valence electrons. The van der Waals surface area contributed by atoms with E-state index in [1.165, 1.54) is 69.6 Å². The monoisotopic (exact) mass is 792 g/mol. The molecule has 3 aromatic carbocycles. The van der Waals surface area contributed by atoms with Crippen LogP contribution in [-0.2, 0) is 19.7 Å². The Kier molecular flexibility index (Phi) is 14.0. The summed E-state index contributed by atoms with van der Waals surface area (Å²) < 4.78 is 48.0. The van der Waals surface area contributed by atoms with Crippen molar-refractivity contribution in [2.24, 2.45) is 10.4 Å². The van der Waals surface area contributed by atoms with Crippen molar-refractivity contribution in [2.75, 3.05) is 32.6 Å². The summed E-state index contributed by atoms with van der Waals surface area (Å²) in [5, 5.41) is 26.7. The number of anilines is 1. The second-order valence-corrected chi connectivity index (χ2v) is 14.9. The van der Waals surface area contributed by atoms with Gasteiger partial charge in [0.15, 0.2) is 0 Å². The number of aliphatic hydroxyl groups is 2. The smallest absolute Gasteiger partial charge is 0.410 e. The van der Waals surface area contributed by atoms with Gasteiger partial charge in [0.2, 0.25) is 12.2 Å². The Morgan fingerprint density at radius 2 is 1.81 bits per heavy atom. The van der Waals surface area contributed by atoms with Gasteiger partial charge in [-0.1, -0.05) is 62.2 Å². The van der Waals surface area contributed by atoms with Crippen molar-refractivity contribution in [1.29, 1.82) is 0 Å². The molecule has 0 spiro atoms. The van der Waals surface area contributed by atoms with Gasteiger partial charge in [-0.3, -0.25) is 9.79 Å². The molecule has 0 aromatic heterocycles. The number of nitrogens with zero attached hydrogens (tertiary/aromatic N) is 1. The van der Waals surface area contributed by atoms with Crippen LogP contribution in [0.1, 0.15) is 61.5 Å². The Balaban J connectivity index is 1.72. The maximum atomic E-state index is 16.2. The Bertz CT molecular complexity index is 1880. The number of rotatable bonds is 13. The van der Waals surface area contributed by atoms with Gasteiger partial charge in [0.05, 0.1) is 47.6 Å². The van der Waals surface area contributed by atoms with Gasteiger partial charge < -0.3 is 40.4 Å². The van der Waals surface area contributed by atoms with Crippen LogP contribution in [0.15, 0.2) is 59.6 Å². The van der Waals surface area contributed by atoms with E-state index in [0.717, 1.165) is 0 Å². The molecule has 54 heavy (non-hydrogen) atoms. The van der Waals surface area contributed by atoms with Crippen LogP contribution < -0.4 is 20.7 Å².